The number of nitrogens with zero attached hydrogens (tertiary/aromatic N) is 2. The summed E-state index contributed by atoms with van der Waals surface area (Å²) in [7, 11) is 1.61. The van der Waals surface area contributed by atoms with E-state index in [2.05, 4.69) is 24.0 Å². The fourth-order valence-electron chi connectivity index (χ4n) is 2.47. The van der Waals surface area contributed by atoms with Crippen molar-refractivity contribution in [2.24, 2.45) is 11.1 Å². The van der Waals surface area contributed by atoms with Crippen LogP contribution in [-0.2, 0) is 4.74 Å². The van der Waals surface area contributed by atoms with Gasteiger partial charge in [0.25, 0.3) is 0 Å². The molecule has 1 saturated carbocycles. The molecule has 102 valence electrons. The van der Waals surface area contributed by atoms with Crippen LogP contribution in [0.3, 0.4) is 0 Å². The van der Waals surface area contributed by atoms with Crippen LogP contribution in [-0.4, -0.2) is 23.9 Å². The molecular formula is C13H23N3O2. The lowest BCUT2D eigenvalue weighted by molar-refractivity contribution is 0.166. The van der Waals surface area contributed by atoms with Crippen LogP contribution < -0.4 is 5.73 Å². The number of rotatable bonds is 4. The van der Waals surface area contributed by atoms with Crippen molar-refractivity contribution >= 4 is 0 Å². The van der Waals surface area contributed by atoms with Gasteiger partial charge in [0.05, 0.1) is 6.61 Å². The number of hydrogen-bond acceptors (Lipinski definition) is 5. The monoisotopic (exact) mass is 253 g/mol. The summed E-state index contributed by atoms with van der Waals surface area (Å²) in [5, 5.41) is 4.07. The Kier molecular flexibility index (Phi) is 4.02. The molecule has 0 radical (unpaired) electrons. The van der Waals surface area contributed by atoms with E-state index in [9.17, 15) is 0 Å². The highest BCUT2D eigenvalue weighted by Gasteiger charge is 2.30. The van der Waals surface area contributed by atoms with Crippen molar-refractivity contribution in [2.45, 2.75) is 51.5 Å². The minimum atomic E-state index is -0.323. The predicted octanol–water partition coefficient (Wildman–Crippen LogP) is 2.40. The Morgan fingerprint density at radius 2 is 2.11 bits per heavy atom. The van der Waals surface area contributed by atoms with Gasteiger partial charge in [-0.2, -0.15) is 4.98 Å². The normalized spacial score (nSPS) is 22.0. The lowest BCUT2D eigenvalue weighted by atomic mass is 9.73. The summed E-state index contributed by atoms with van der Waals surface area (Å²) in [5.41, 5.74) is 6.32. The molecule has 5 nitrogen and oxygen atoms in total. The molecule has 1 aliphatic rings. The zero-order valence-corrected chi connectivity index (χ0v) is 11.5. The fraction of sp³-hybridized carbons (Fsp3) is 0.846. The van der Waals surface area contributed by atoms with Crippen LogP contribution in [0.4, 0.5) is 0 Å². The zero-order chi connectivity index (χ0) is 13.2. The lowest BCUT2D eigenvalue weighted by Crippen LogP contribution is -2.21. The van der Waals surface area contributed by atoms with E-state index in [1.807, 2.05) is 0 Å². The Morgan fingerprint density at radius 3 is 2.72 bits per heavy atom. The number of aromatic nitrogens is 2. The van der Waals surface area contributed by atoms with Gasteiger partial charge in [-0.15, -0.1) is 0 Å². The van der Waals surface area contributed by atoms with Crippen molar-refractivity contribution in [3.05, 3.63) is 11.7 Å². The minimum Gasteiger partial charge on any atom is -0.383 e. The van der Waals surface area contributed by atoms with Crippen LogP contribution in [0.25, 0.3) is 0 Å². The molecule has 0 aliphatic heterocycles. The maximum atomic E-state index is 5.87. The van der Waals surface area contributed by atoms with Gasteiger partial charge in [-0.25, -0.2) is 0 Å². The Labute approximate surface area is 108 Å². The summed E-state index contributed by atoms with van der Waals surface area (Å²) >= 11 is 0. The van der Waals surface area contributed by atoms with Gasteiger partial charge in [-0.3, -0.25) is 0 Å². The maximum absolute atomic E-state index is 5.87. The first-order valence-corrected chi connectivity index (χ1v) is 6.60. The van der Waals surface area contributed by atoms with Gasteiger partial charge in [0.2, 0.25) is 5.89 Å². The number of ether oxygens (including phenoxy) is 1. The van der Waals surface area contributed by atoms with Gasteiger partial charge in [-0.1, -0.05) is 19.0 Å². The van der Waals surface area contributed by atoms with E-state index >= 15 is 0 Å². The van der Waals surface area contributed by atoms with Gasteiger partial charge in [0.15, 0.2) is 5.82 Å². The molecule has 1 unspecified atom stereocenters. The Hall–Kier alpha value is -0.940. The van der Waals surface area contributed by atoms with Crippen LogP contribution in [0, 0.1) is 5.41 Å². The smallest absolute Gasteiger partial charge is 0.245 e. The van der Waals surface area contributed by atoms with Crippen LogP contribution in [0.15, 0.2) is 4.52 Å². The first kappa shape index (κ1) is 13.5. The van der Waals surface area contributed by atoms with Crippen molar-refractivity contribution in [3.63, 3.8) is 0 Å². The number of nitrogens with two attached hydrogens (primary N) is 1. The lowest BCUT2D eigenvalue weighted by Gasteiger charge is -2.32. The largest absolute Gasteiger partial charge is 0.383 e. The van der Waals surface area contributed by atoms with E-state index in [0.717, 1.165) is 18.7 Å². The Morgan fingerprint density at radius 1 is 1.44 bits per heavy atom. The molecule has 1 heterocycles. The molecule has 0 bridgehead atoms. The third-order valence-corrected chi connectivity index (χ3v) is 3.83. The summed E-state index contributed by atoms with van der Waals surface area (Å²) in [6.07, 6.45) is 4.69. The maximum Gasteiger partial charge on any atom is 0.245 e. The first-order valence-electron chi connectivity index (χ1n) is 6.60. The Balaban J connectivity index is 1.98. The van der Waals surface area contributed by atoms with Gasteiger partial charge >= 0.3 is 0 Å². The molecule has 5 heteroatoms. The molecule has 0 aromatic carbocycles. The van der Waals surface area contributed by atoms with Gasteiger partial charge in [-0.05, 0) is 31.1 Å². The molecule has 2 rings (SSSR count). The van der Waals surface area contributed by atoms with E-state index in [4.69, 9.17) is 15.0 Å². The first-order chi connectivity index (χ1) is 8.52. The highest BCUT2D eigenvalue weighted by atomic mass is 16.5. The van der Waals surface area contributed by atoms with E-state index in [1.54, 1.807) is 7.11 Å². The predicted molar refractivity (Wildman–Crippen MR) is 68.1 cm³/mol. The van der Waals surface area contributed by atoms with Gasteiger partial charge < -0.3 is 15.0 Å². The molecule has 1 aromatic heterocycles. The van der Waals surface area contributed by atoms with Crippen LogP contribution in [0.2, 0.25) is 0 Å². The number of methoxy groups -OCH3 is 1. The topological polar surface area (TPSA) is 74.2 Å². The second-order valence-corrected chi connectivity index (χ2v) is 5.99. The van der Waals surface area contributed by atoms with E-state index in [-0.39, 0.29) is 6.04 Å². The van der Waals surface area contributed by atoms with E-state index in [0.29, 0.717) is 23.8 Å². The van der Waals surface area contributed by atoms with Gasteiger partial charge in [0, 0.05) is 13.0 Å². The van der Waals surface area contributed by atoms with Crippen LogP contribution >= 0.6 is 0 Å². The molecule has 1 fully saturated rings. The van der Waals surface area contributed by atoms with Crippen molar-refractivity contribution in [1.82, 2.24) is 10.1 Å². The summed E-state index contributed by atoms with van der Waals surface area (Å²) in [6, 6.07) is -0.323. The van der Waals surface area contributed by atoms with E-state index in [1.165, 1.54) is 12.8 Å². The zero-order valence-electron chi connectivity index (χ0n) is 11.5. The molecule has 0 saturated heterocycles. The third kappa shape index (κ3) is 3.09. The Bertz CT molecular complexity index is 379. The van der Waals surface area contributed by atoms with Crippen molar-refractivity contribution in [3.8, 4) is 0 Å². The molecule has 1 atom stereocenters. The molecule has 2 N–H and O–H groups in total. The third-order valence-electron chi connectivity index (χ3n) is 3.83. The van der Waals surface area contributed by atoms with Crippen LogP contribution in [0.1, 0.15) is 63.2 Å². The molecule has 0 amide bonds. The standard InChI is InChI=1S/C13H23N3O2/c1-13(2)6-4-9(5-7-13)11-15-12(18-16-11)10(14)8-17-3/h9-10H,4-8,14H2,1-3H3. The highest BCUT2D eigenvalue weighted by molar-refractivity contribution is 5.00. The molecule has 0 spiro atoms. The average molecular weight is 253 g/mol. The van der Waals surface area contributed by atoms with E-state index < -0.39 is 0 Å². The quantitative estimate of drug-likeness (QED) is 0.891. The second-order valence-electron chi connectivity index (χ2n) is 5.99. The minimum absolute atomic E-state index is 0.323. The molecular weight excluding hydrogens is 230 g/mol. The second kappa shape index (κ2) is 5.36. The van der Waals surface area contributed by atoms with Gasteiger partial charge in [0.1, 0.15) is 6.04 Å². The summed E-state index contributed by atoms with van der Waals surface area (Å²) < 4.78 is 10.2. The van der Waals surface area contributed by atoms with Crippen molar-refractivity contribution < 1.29 is 9.26 Å². The SMILES string of the molecule is COCC(N)c1nc(C2CCC(C)(C)CC2)no1. The molecule has 1 aliphatic carbocycles. The van der Waals surface area contributed by atoms with Crippen molar-refractivity contribution in [2.75, 3.05) is 13.7 Å². The van der Waals surface area contributed by atoms with Crippen molar-refractivity contribution in [1.29, 1.82) is 0 Å². The summed E-state index contributed by atoms with van der Waals surface area (Å²) in [6.45, 7) is 5.04. The number of hydrogen-bond donors (Lipinski definition) is 1. The fourth-order valence-corrected chi connectivity index (χ4v) is 2.47. The molecule has 1 aromatic rings. The average Bonchev–Trinajstić information content (AvgIpc) is 2.79. The van der Waals surface area contributed by atoms with Crippen LogP contribution in [0.5, 0.6) is 0 Å². The summed E-state index contributed by atoms with van der Waals surface area (Å²) in [4.78, 5) is 4.42. The molecule has 18 heavy (non-hydrogen) atoms. The summed E-state index contributed by atoms with van der Waals surface area (Å²) in [5.74, 6) is 1.72. The highest BCUT2D eigenvalue weighted by Crippen LogP contribution is 2.41.